The zero-order valence-corrected chi connectivity index (χ0v) is 9.07. The van der Waals surface area contributed by atoms with Crippen molar-refractivity contribution >= 4 is 0 Å². The minimum absolute atomic E-state index is 0. The molecule has 1 aromatic heterocycles. The summed E-state index contributed by atoms with van der Waals surface area (Å²) >= 11 is 0. The van der Waals surface area contributed by atoms with Gasteiger partial charge in [0, 0.05) is 6.20 Å². The predicted octanol–water partition coefficient (Wildman–Crippen LogP) is -5.90. The minimum Gasteiger partial charge on any atom is -1.00 e. The van der Waals surface area contributed by atoms with E-state index < -0.39 is 0 Å². The number of nitrogens with zero attached hydrogens (tertiary/aromatic N) is 3. The van der Waals surface area contributed by atoms with Crippen LogP contribution >= 0.6 is 0 Å². The van der Waals surface area contributed by atoms with E-state index in [1.54, 1.807) is 6.20 Å². The van der Waals surface area contributed by atoms with E-state index in [0.717, 1.165) is 0 Å². The molecule has 5 heteroatoms. The van der Waals surface area contributed by atoms with Crippen LogP contribution in [0.3, 0.4) is 0 Å². The van der Waals surface area contributed by atoms with Gasteiger partial charge >= 0.3 is 59.1 Å². The summed E-state index contributed by atoms with van der Waals surface area (Å²) < 4.78 is 0. The van der Waals surface area contributed by atoms with Crippen LogP contribution in [-0.2, 0) is 0 Å². The van der Waals surface area contributed by atoms with Crippen molar-refractivity contribution in [2.24, 2.45) is 0 Å². The summed E-state index contributed by atoms with van der Waals surface area (Å²) in [5.41, 5.74) is 0. The van der Waals surface area contributed by atoms with Gasteiger partial charge < -0.3 is 2.85 Å². The quantitative estimate of drug-likeness (QED) is 0.327. The molecule has 0 saturated carbocycles. The molecular formula is C3H5N3Na2. The van der Waals surface area contributed by atoms with E-state index in [9.17, 15) is 0 Å². The summed E-state index contributed by atoms with van der Waals surface area (Å²) in [5.74, 6) is 0. The maximum Gasteiger partial charge on any atom is 1.00 e. The van der Waals surface area contributed by atoms with Gasteiger partial charge in [0.25, 0.3) is 0 Å². The van der Waals surface area contributed by atoms with Gasteiger partial charge in [-0.05, 0) is 0 Å². The topological polar surface area (TPSA) is 38.7 Å². The Morgan fingerprint density at radius 3 is 1.88 bits per heavy atom. The third kappa shape index (κ3) is 5.15. The largest absolute Gasteiger partial charge is 1.00 e. The monoisotopic (exact) mass is 129 g/mol. The smallest absolute Gasteiger partial charge is 1.00 e. The number of hydrogen-bond acceptors (Lipinski definition) is 3. The molecule has 0 saturated heterocycles. The maximum atomic E-state index is 3.61. The number of rotatable bonds is 0. The molecular weight excluding hydrogens is 124 g/mol. The van der Waals surface area contributed by atoms with E-state index >= 15 is 0 Å². The molecule has 0 aromatic carbocycles. The van der Waals surface area contributed by atoms with Crippen molar-refractivity contribution in [1.29, 1.82) is 0 Å². The third-order valence-corrected chi connectivity index (χ3v) is 0.404. The fourth-order valence-corrected chi connectivity index (χ4v) is 0.205. The average molecular weight is 129 g/mol. The summed E-state index contributed by atoms with van der Waals surface area (Å²) in [6, 6.07) is 0. The predicted molar refractivity (Wildman–Crippen MR) is 22.1 cm³/mol. The van der Waals surface area contributed by atoms with E-state index in [-0.39, 0.29) is 62.0 Å². The van der Waals surface area contributed by atoms with Gasteiger partial charge in [0.2, 0.25) is 0 Å². The first-order valence-electron chi connectivity index (χ1n) is 1.57. The molecule has 34 valence electrons. The molecule has 1 heterocycles. The molecule has 0 bridgehead atoms. The van der Waals surface area contributed by atoms with Crippen LogP contribution in [0.5, 0.6) is 0 Å². The molecule has 0 fully saturated rings. The van der Waals surface area contributed by atoms with E-state index in [2.05, 4.69) is 15.2 Å². The van der Waals surface area contributed by atoms with Gasteiger partial charge in [-0.15, -0.1) is 5.10 Å². The Labute approximate surface area is 94.9 Å². The van der Waals surface area contributed by atoms with Crippen LogP contribution in [0.25, 0.3) is 0 Å². The van der Waals surface area contributed by atoms with Crippen molar-refractivity contribution in [2.75, 3.05) is 0 Å². The molecule has 0 aliphatic carbocycles. The zero-order valence-electron chi connectivity index (χ0n) is 7.07. The third-order valence-electron chi connectivity index (χ3n) is 0.404. The molecule has 1 rings (SSSR count). The molecule has 0 aliphatic heterocycles. The van der Waals surface area contributed by atoms with Crippen LogP contribution in [-0.4, -0.2) is 15.2 Å². The standard InChI is InChI=1S/C3H3N3.2Na.2H/c1-2-5-6-3-4-1;;;;/h1-3H;;;;/q;2*+1;2*-1. The molecule has 3 nitrogen and oxygen atoms in total. The van der Waals surface area contributed by atoms with Gasteiger partial charge in [0.05, 0.1) is 6.20 Å². The van der Waals surface area contributed by atoms with Crippen molar-refractivity contribution in [2.45, 2.75) is 0 Å². The van der Waals surface area contributed by atoms with Gasteiger partial charge in [0.1, 0.15) is 6.33 Å². The Morgan fingerprint density at radius 2 is 1.75 bits per heavy atom. The van der Waals surface area contributed by atoms with Gasteiger partial charge in [-0.3, -0.25) is 0 Å². The van der Waals surface area contributed by atoms with Crippen LogP contribution in [0.15, 0.2) is 18.7 Å². The fraction of sp³-hybridized carbons (Fsp3) is 0. The summed E-state index contributed by atoms with van der Waals surface area (Å²) in [4.78, 5) is 3.61. The summed E-state index contributed by atoms with van der Waals surface area (Å²) in [6.45, 7) is 0. The SMILES string of the molecule is [H-].[H-].[Na+].[Na+].c1cnncn1. The molecule has 0 amide bonds. The van der Waals surface area contributed by atoms with Crippen LogP contribution < -0.4 is 59.1 Å². The number of hydrogen-bond donors (Lipinski definition) is 0. The second-order valence-electron chi connectivity index (χ2n) is 0.794. The first-order valence-corrected chi connectivity index (χ1v) is 1.57. The van der Waals surface area contributed by atoms with Crippen LogP contribution in [0.1, 0.15) is 2.85 Å². The maximum absolute atomic E-state index is 3.61. The van der Waals surface area contributed by atoms with Crippen LogP contribution in [0.4, 0.5) is 0 Å². The van der Waals surface area contributed by atoms with Crippen molar-refractivity contribution in [3.63, 3.8) is 0 Å². The fourth-order valence-electron chi connectivity index (χ4n) is 0.205. The Hall–Kier alpha value is 1.01. The zero-order chi connectivity index (χ0) is 4.24. The molecule has 8 heavy (non-hydrogen) atoms. The second kappa shape index (κ2) is 8.01. The summed E-state index contributed by atoms with van der Waals surface area (Å²) in [7, 11) is 0. The van der Waals surface area contributed by atoms with Crippen molar-refractivity contribution in [3.05, 3.63) is 18.7 Å². The van der Waals surface area contributed by atoms with Gasteiger partial charge in [0.15, 0.2) is 0 Å². The van der Waals surface area contributed by atoms with Crippen molar-refractivity contribution in [3.8, 4) is 0 Å². The Morgan fingerprint density at radius 1 is 1.00 bits per heavy atom. The van der Waals surface area contributed by atoms with Gasteiger partial charge in [-0.2, -0.15) is 5.10 Å². The first kappa shape index (κ1) is 11.8. The van der Waals surface area contributed by atoms with Gasteiger partial charge in [-0.1, -0.05) is 0 Å². The van der Waals surface area contributed by atoms with Crippen LogP contribution in [0, 0.1) is 0 Å². The van der Waals surface area contributed by atoms with E-state index in [1.807, 2.05) is 0 Å². The molecule has 1 aromatic rings. The molecule has 0 N–H and O–H groups in total. The average Bonchev–Trinajstić information content (AvgIpc) is 1.72. The Bertz CT molecular complexity index is 91.7. The second-order valence-corrected chi connectivity index (χ2v) is 0.794. The molecule has 0 radical (unpaired) electrons. The van der Waals surface area contributed by atoms with E-state index in [0.29, 0.717) is 0 Å². The van der Waals surface area contributed by atoms with E-state index in [4.69, 9.17) is 0 Å². The Kier molecular flexibility index (Phi) is 11.8. The summed E-state index contributed by atoms with van der Waals surface area (Å²) in [5, 5.41) is 6.90. The molecule has 0 atom stereocenters. The normalized spacial score (nSPS) is 6.00. The molecule has 0 unspecified atom stereocenters. The van der Waals surface area contributed by atoms with Crippen LogP contribution in [0.2, 0.25) is 0 Å². The molecule has 0 aliphatic rings. The minimum atomic E-state index is 0. The van der Waals surface area contributed by atoms with Gasteiger partial charge in [-0.25, -0.2) is 4.98 Å². The van der Waals surface area contributed by atoms with E-state index in [1.165, 1.54) is 12.5 Å². The summed E-state index contributed by atoms with van der Waals surface area (Å²) in [6.07, 6.45) is 4.49. The first-order chi connectivity index (χ1) is 3.00. The molecule has 0 spiro atoms. The Balaban J connectivity index is -0.0000000450. The number of aromatic nitrogens is 3. The van der Waals surface area contributed by atoms with Crippen molar-refractivity contribution < 1.29 is 62.0 Å². The van der Waals surface area contributed by atoms with Crippen molar-refractivity contribution in [1.82, 2.24) is 15.2 Å².